The van der Waals surface area contributed by atoms with E-state index in [2.05, 4.69) is 4.72 Å². The number of amides is 2. The Morgan fingerprint density at radius 3 is 2.54 bits per heavy atom. The lowest BCUT2D eigenvalue weighted by Crippen LogP contribution is -2.54. The zero-order valence-corrected chi connectivity index (χ0v) is 14.6. The summed E-state index contributed by atoms with van der Waals surface area (Å²) in [5.41, 5.74) is 5.31. The van der Waals surface area contributed by atoms with Gasteiger partial charge in [-0.25, -0.2) is 8.42 Å². The van der Waals surface area contributed by atoms with Crippen LogP contribution in [-0.2, 0) is 19.6 Å². The second-order valence-electron chi connectivity index (χ2n) is 6.14. The van der Waals surface area contributed by atoms with Crippen molar-refractivity contribution in [3.05, 3.63) is 30.3 Å². The third-order valence-electron chi connectivity index (χ3n) is 4.39. The molecule has 1 aliphatic rings. The molecule has 0 radical (unpaired) electrons. The number of nitrogens with two attached hydrogens (primary N) is 1. The molecular formula is C16H23N3O4S. The van der Waals surface area contributed by atoms with Crippen molar-refractivity contribution in [2.45, 2.75) is 43.7 Å². The van der Waals surface area contributed by atoms with Crippen LogP contribution in [0.4, 0.5) is 0 Å². The summed E-state index contributed by atoms with van der Waals surface area (Å²) in [7, 11) is -3.82. The van der Waals surface area contributed by atoms with Crippen LogP contribution in [0.2, 0.25) is 0 Å². The third kappa shape index (κ3) is 3.93. The number of likely N-dealkylation sites (tertiary alicyclic amines) is 1. The molecule has 0 bridgehead atoms. The SMILES string of the molecule is C[C@@H]1CCCN([C@@H](C)C(N)=O)C(=O)[C@H]1NS(=O)(=O)c1ccccc1. The Hall–Kier alpha value is -1.93. The van der Waals surface area contributed by atoms with E-state index in [1.54, 1.807) is 25.1 Å². The maximum Gasteiger partial charge on any atom is 0.241 e. The average molecular weight is 353 g/mol. The first-order chi connectivity index (χ1) is 11.2. The monoisotopic (exact) mass is 353 g/mol. The number of nitrogens with one attached hydrogen (secondary N) is 1. The minimum absolute atomic E-state index is 0.101. The fourth-order valence-corrected chi connectivity index (χ4v) is 4.14. The van der Waals surface area contributed by atoms with Gasteiger partial charge in [0.05, 0.1) is 4.90 Å². The van der Waals surface area contributed by atoms with Crippen molar-refractivity contribution in [3.63, 3.8) is 0 Å². The number of primary amides is 1. The molecule has 3 atom stereocenters. The summed E-state index contributed by atoms with van der Waals surface area (Å²) in [6.07, 6.45) is 1.36. The van der Waals surface area contributed by atoms with Crippen molar-refractivity contribution in [3.8, 4) is 0 Å². The van der Waals surface area contributed by atoms with Gasteiger partial charge in [0.25, 0.3) is 0 Å². The Morgan fingerprint density at radius 2 is 1.96 bits per heavy atom. The zero-order valence-electron chi connectivity index (χ0n) is 13.8. The van der Waals surface area contributed by atoms with E-state index < -0.39 is 33.9 Å². The molecule has 1 aromatic carbocycles. The molecule has 1 heterocycles. The first kappa shape index (κ1) is 18.4. The van der Waals surface area contributed by atoms with E-state index in [4.69, 9.17) is 5.73 Å². The van der Waals surface area contributed by atoms with Crippen molar-refractivity contribution in [2.24, 2.45) is 11.7 Å². The van der Waals surface area contributed by atoms with Crippen LogP contribution in [0.3, 0.4) is 0 Å². The summed E-state index contributed by atoms with van der Waals surface area (Å²) < 4.78 is 27.6. The van der Waals surface area contributed by atoms with Crippen LogP contribution in [0.1, 0.15) is 26.7 Å². The lowest BCUT2D eigenvalue weighted by molar-refractivity contribution is -0.140. The highest BCUT2D eigenvalue weighted by Gasteiger charge is 2.38. The summed E-state index contributed by atoms with van der Waals surface area (Å²) >= 11 is 0. The molecule has 1 aliphatic heterocycles. The van der Waals surface area contributed by atoms with Gasteiger partial charge in [0, 0.05) is 6.54 Å². The number of benzene rings is 1. The summed E-state index contributed by atoms with van der Waals surface area (Å²) in [5, 5.41) is 0. The summed E-state index contributed by atoms with van der Waals surface area (Å²) in [6.45, 7) is 3.77. The molecule has 0 aromatic heterocycles. The molecule has 1 fully saturated rings. The normalized spacial score (nSPS) is 23.6. The summed E-state index contributed by atoms with van der Waals surface area (Å²) in [6, 6.07) is 6.21. The molecule has 132 valence electrons. The maximum atomic E-state index is 12.8. The molecule has 2 amide bonds. The Balaban J connectivity index is 2.29. The van der Waals surface area contributed by atoms with Crippen LogP contribution in [-0.4, -0.2) is 43.8 Å². The molecule has 24 heavy (non-hydrogen) atoms. The van der Waals surface area contributed by atoms with E-state index in [0.29, 0.717) is 19.4 Å². The summed E-state index contributed by atoms with van der Waals surface area (Å²) in [5.74, 6) is -1.20. The zero-order chi connectivity index (χ0) is 17.9. The minimum Gasteiger partial charge on any atom is -0.368 e. The van der Waals surface area contributed by atoms with Crippen molar-refractivity contribution < 1.29 is 18.0 Å². The Labute approximate surface area is 142 Å². The van der Waals surface area contributed by atoms with Gasteiger partial charge in [-0.2, -0.15) is 4.72 Å². The second-order valence-corrected chi connectivity index (χ2v) is 7.86. The van der Waals surface area contributed by atoms with E-state index in [0.717, 1.165) is 0 Å². The van der Waals surface area contributed by atoms with Gasteiger partial charge in [-0.05, 0) is 37.8 Å². The van der Waals surface area contributed by atoms with Gasteiger partial charge in [-0.1, -0.05) is 25.1 Å². The molecule has 0 spiro atoms. The smallest absolute Gasteiger partial charge is 0.241 e. The van der Waals surface area contributed by atoms with Crippen molar-refractivity contribution >= 4 is 21.8 Å². The molecule has 2 rings (SSSR count). The lowest BCUT2D eigenvalue weighted by atomic mass is 9.98. The van der Waals surface area contributed by atoms with Gasteiger partial charge < -0.3 is 10.6 Å². The highest BCUT2D eigenvalue weighted by molar-refractivity contribution is 7.89. The van der Waals surface area contributed by atoms with E-state index in [1.807, 2.05) is 6.92 Å². The van der Waals surface area contributed by atoms with E-state index in [9.17, 15) is 18.0 Å². The Kier molecular flexibility index (Phi) is 5.61. The topological polar surface area (TPSA) is 110 Å². The fraction of sp³-hybridized carbons (Fsp3) is 0.500. The largest absolute Gasteiger partial charge is 0.368 e. The number of carbonyl (C=O) groups is 2. The van der Waals surface area contributed by atoms with Gasteiger partial charge in [0.1, 0.15) is 12.1 Å². The first-order valence-electron chi connectivity index (χ1n) is 7.91. The van der Waals surface area contributed by atoms with E-state index in [-0.39, 0.29) is 10.8 Å². The maximum absolute atomic E-state index is 12.8. The van der Waals surface area contributed by atoms with Crippen LogP contribution in [0, 0.1) is 5.92 Å². The third-order valence-corrected chi connectivity index (χ3v) is 5.85. The first-order valence-corrected chi connectivity index (χ1v) is 9.39. The van der Waals surface area contributed by atoms with Crippen LogP contribution >= 0.6 is 0 Å². The highest BCUT2D eigenvalue weighted by Crippen LogP contribution is 2.22. The molecule has 0 aliphatic carbocycles. The standard InChI is InChI=1S/C16H23N3O4S/c1-11-7-6-10-19(12(2)15(17)20)16(21)14(11)18-24(22,23)13-8-4-3-5-9-13/h3-5,8-9,11-12,14,18H,6-7,10H2,1-2H3,(H2,17,20)/t11-,12+,14+/m1/s1. The number of carbonyl (C=O) groups excluding carboxylic acids is 2. The van der Waals surface area contributed by atoms with Crippen molar-refractivity contribution in [1.29, 1.82) is 0 Å². The second kappa shape index (κ2) is 7.31. The number of hydrogen-bond donors (Lipinski definition) is 2. The van der Waals surface area contributed by atoms with Gasteiger partial charge in [-0.15, -0.1) is 0 Å². The molecule has 3 N–H and O–H groups in total. The number of nitrogens with zero attached hydrogens (tertiary/aromatic N) is 1. The van der Waals surface area contributed by atoms with E-state index >= 15 is 0 Å². The van der Waals surface area contributed by atoms with Crippen LogP contribution in [0.5, 0.6) is 0 Å². The van der Waals surface area contributed by atoms with Gasteiger partial charge in [0.2, 0.25) is 21.8 Å². The average Bonchev–Trinajstić information content (AvgIpc) is 2.68. The molecule has 1 saturated heterocycles. The molecule has 8 heteroatoms. The van der Waals surface area contributed by atoms with Gasteiger partial charge in [0.15, 0.2) is 0 Å². The fourth-order valence-electron chi connectivity index (χ4n) is 2.82. The summed E-state index contributed by atoms with van der Waals surface area (Å²) in [4.78, 5) is 25.7. The quantitative estimate of drug-likeness (QED) is 0.801. The molecule has 7 nitrogen and oxygen atoms in total. The van der Waals surface area contributed by atoms with Crippen LogP contribution in [0.25, 0.3) is 0 Å². The lowest BCUT2D eigenvalue weighted by Gasteiger charge is -2.30. The minimum atomic E-state index is -3.82. The van der Waals surface area contributed by atoms with Crippen molar-refractivity contribution in [2.75, 3.05) is 6.54 Å². The highest BCUT2D eigenvalue weighted by atomic mass is 32.2. The molecule has 0 saturated carbocycles. The van der Waals surface area contributed by atoms with Crippen LogP contribution < -0.4 is 10.5 Å². The molecular weight excluding hydrogens is 330 g/mol. The van der Waals surface area contributed by atoms with Crippen molar-refractivity contribution in [1.82, 2.24) is 9.62 Å². The number of sulfonamides is 1. The number of hydrogen-bond acceptors (Lipinski definition) is 4. The molecule has 1 aromatic rings. The number of rotatable bonds is 5. The Bertz CT molecular complexity index is 705. The molecule has 0 unspecified atom stereocenters. The van der Waals surface area contributed by atoms with Gasteiger partial charge >= 0.3 is 0 Å². The Morgan fingerprint density at radius 1 is 1.33 bits per heavy atom. The van der Waals surface area contributed by atoms with Gasteiger partial charge in [-0.3, -0.25) is 9.59 Å². The van der Waals surface area contributed by atoms with Crippen LogP contribution in [0.15, 0.2) is 35.2 Å². The predicted molar refractivity (Wildman–Crippen MR) is 89.3 cm³/mol. The predicted octanol–water partition coefficient (Wildman–Crippen LogP) is 0.466. The van der Waals surface area contributed by atoms with E-state index in [1.165, 1.54) is 17.0 Å².